The number of carbonyl (C=O) groups is 1. The summed E-state index contributed by atoms with van der Waals surface area (Å²) in [5, 5.41) is 16.7. The number of nitrogens with one attached hydrogen (secondary N) is 3. The van der Waals surface area contributed by atoms with Crippen LogP contribution in [-0.4, -0.2) is 41.7 Å². The minimum absolute atomic E-state index is 0.0624. The number of phenolic OH excluding ortho intramolecular Hbond substituents is 1. The summed E-state index contributed by atoms with van der Waals surface area (Å²) in [5.41, 5.74) is 9.26. The molecular weight excluding hydrogens is 340 g/mol. The van der Waals surface area contributed by atoms with Crippen LogP contribution < -0.4 is 16.4 Å². The van der Waals surface area contributed by atoms with Crippen LogP contribution in [0.25, 0.3) is 10.9 Å². The quantitative estimate of drug-likeness (QED) is 0.418. The molecule has 0 saturated carbocycles. The minimum atomic E-state index is -0.642. The van der Waals surface area contributed by atoms with Crippen molar-refractivity contribution in [2.45, 2.75) is 24.9 Å². The summed E-state index contributed by atoms with van der Waals surface area (Å²) in [6, 6.07) is 14.2. The monoisotopic (exact) mass is 366 g/mol. The Morgan fingerprint density at radius 3 is 2.63 bits per heavy atom. The average Bonchev–Trinajstić information content (AvgIpc) is 3.07. The van der Waals surface area contributed by atoms with Gasteiger partial charge in [-0.25, -0.2) is 0 Å². The fourth-order valence-corrected chi connectivity index (χ4v) is 3.27. The molecule has 2 aromatic carbocycles. The number of para-hydroxylation sites is 1. The molecule has 0 unspecified atom stereocenters. The number of phenols is 1. The van der Waals surface area contributed by atoms with Crippen LogP contribution >= 0.6 is 0 Å². The summed E-state index contributed by atoms with van der Waals surface area (Å²) >= 11 is 0. The molecule has 0 bridgehead atoms. The number of carbonyl (C=O) groups excluding carboxylic acids is 1. The second-order valence-electron chi connectivity index (χ2n) is 6.80. The van der Waals surface area contributed by atoms with Gasteiger partial charge in [-0.05, 0) is 49.2 Å². The summed E-state index contributed by atoms with van der Waals surface area (Å²) < 4.78 is 0. The van der Waals surface area contributed by atoms with Crippen LogP contribution in [0, 0.1) is 0 Å². The van der Waals surface area contributed by atoms with Crippen LogP contribution in [-0.2, 0) is 17.6 Å². The molecule has 0 aliphatic heterocycles. The first-order valence-electron chi connectivity index (χ1n) is 9.10. The molecular formula is C21H26N4O2. The van der Waals surface area contributed by atoms with E-state index in [0.29, 0.717) is 19.4 Å². The van der Waals surface area contributed by atoms with Crippen LogP contribution in [0.1, 0.15) is 11.1 Å². The number of rotatable bonds is 8. The van der Waals surface area contributed by atoms with Gasteiger partial charge in [0.1, 0.15) is 5.75 Å². The van der Waals surface area contributed by atoms with E-state index in [9.17, 15) is 9.90 Å². The molecule has 142 valence electrons. The zero-order valence-electron chi connectivity index (χ0n) is 15.4. The van der Waals surface area contributed by atoms with Gasteiger partial charge in [0.15, 0.2) is 0 Å². The van der Waals surface area contributed by atoms with Crippen molar-refractivity contribution in [1.29, 1.82) is 0 Å². The number of H-pyrrole nitrogens is 1. The van der Waals surface area contributed by atoms with E-state index in [1.165, 1.54) is 10.9 Å². The van der Waals surface area contributed by atoms with Crippen LogP contribution in [0.4, 0.5) is 0 Å². The number of benzene rings is 2. The highest BCUT2D eigenvalue weighted by Crippen LogP contribution is 2.19. The number of fused-ring (bicyclic) bond motifs is 1. The zero-order chi connectivity index (χ0) is 19.2. The molecule has 6 heteroatoms. The van der Waals surface area contributed by atoms with E-state index in [1.807, 2.05) is 31.4 Å². The maximum Gasteiger partial charge on any atom is 0.237 e. The van der Waals surface area contributed by atoms with Crippen LogP contribution in [0.5, 0.6) is 5.75 Å². The SMILES string of the molecule is CNC[C@@H](Cc1c[nH]c2ccccc12)NC(=O)[C@@H](N)Cc1ccc(O)cc1. The first-order chi connectivity index (χ1) is 13.1. The molecule has 3 rings (SSSR count). The van der Waals surface area contributed by atoms with E-state index in [1.54, 1.807) is 24.3 Å². The van der Waals surface area contributed by atoms with Gasteiger partial charge in [0.25, 0.3) is 0 Å². The lowest BCUT2D eigenvalue weighted by molar-refractivity contribution is -0.123. The Kier molecular flexibility index (Phi) is 6.11. The van der Waals surface area contributed by atoms with Gasteiger partial charge in [0.05, 0.1) is 6.04 Å². The van der Waals surface area contributed by atoms with Crippen molar-refractivity contribution < 1.29 is 9.90 Å². The van der Waals surface area contributed by atoms with Gasteiger partial charge < -0.3 is 26.5 Å². The number of amides is 1. The summed E-state index contributed by atoms with van der Waals surface area (Å²) in [5.74, 6) is 0.0211. The lowest BCUT2D eigenvalue weighted by Crippen LogP contribution is -2.50. The minimum Gasteiger partial charge on any atom is -0.508 e. The molecule has 1 heterocycles. The molecule has 6 N–H and O–H groups in total. The van der Waals surface area contributed by atoms with Gasteiger partial charge in [0, 0.05) is 29.7 Å². The van der Waals surface area contributed by atoms with E-state index in [-0.39, 0.29) is 17.7 Å². The largest absolute Gasteiger partial charge is 0.508 e. The number of aromatic amines is 1. The third kappa shape index (κ3) is 4.87. The predicted octanol–water partition coefficient (Wildman–Crippen LogP) is 1.69. The molecule has 1 amide bonds. The molecule has 3 aromatic rings. The summed E-state index contributed by atoms with van der Waals surface area (Å²) in [6.07, 6.45) is 3.13. The third-order valence-corrected chi connectivity index (χ3v) is 4.67. The molecule has 6 nitrogen and oxygen atoms in total. The van der Waals surface area contributed by atoms with Crippen molar-refractivity contribution in [2.24, 2.45) is 5.73 Å². The van der Waals surface area contributed by atoms with Crippen molar-refractivity contribution in [2.75, 3.05) is 13.6 Å². The number of aromatic nitrogens is 1. The van der Waals surface area contributed by atoms with Crippen molar-refractivity contribution >= 4 is 16.8 Å². The van der Waals surface area contributed by atoms with E-state index in [4.69, 9.17) is 5.73 Å². The topological polar surface area (TPSA) is 103 Å². The van der Waals surface area contributed by atoms with Crippen LogP contribution in [0.3, 0.4) is 0 Å². The van der Waals surface area contributed by atoms with E-state index in [2.05, 4.69) is 21.7 Å². The Hall–Kier alpha value is -2.83. The number of hydrogen-bond acceptors (Lipinski definition) is 4. The molecule has 0 spiro atoms. The molecule has 0 aliphatic rings. The van der Waals surface area contributed by atoms with Crippen molar-refractivity contribution in [3.05, 3.63) is 65.9 Å². The van der Waals surface area contributed by atoms with Gasteiger partial charge >= 0.3 is 0 Å². The van der Waals surface area contributed by atoms with Gasteiger partial charge in [-0.1, -0.05) is 30.3 Å². The lowest BCUT2D eigenvalue weighted by Gasteiger charge is -2.21. The number of nitrogens with two attached hydrogens (primary N) is 1. The van der Waals surface area contributed by atoms with E-state index >= 15 is 0 Å². The highest BCUT2D eigenvalue weighted by Gasteiger charge is 2.19. The number of aromatic hydroxyl groups is 1. The average molecular weight is 366 g/mol. The van der Waals surface area contributed by atoms with Crippen LogP contribution in [0.2, 0.25) is 0 Å². The zero-order valence-corrected chi connectivity index (χ0v) is 15.4. The van der Waals surface area contributed by atoms with Gasteiger partial charge in [-0.2, -0.15) is 0 Å². The van der Waals surface area contributed by atoms with Crippen molar-refractivity contribution in [3.63, 3.8) is 0 Å². The Bertz CT molecular complexity index is 889. The summed E-state index contributed by atoms with van der Waals surface area (Å²) in [7, 11) is 1.87. The molecule has 27 heavy (non-hydrogen) atoms. The van der Waals surface area contributed by atoms with E-state index in [0.717, 1.165) is 11.1 Å². The Morgan fingerprint density at radius 1 is 1.15 bits per heavy atom. The summed E-state index contributed by atoms with van der Waals surface area (Å²) in [6.45, 7) is 0.650. The van der Waals surface area contributed by atoms with Gasteiger partial charge in [-0.3, -0.25) is 4.79 Å². The highest BCUT2D eigenvalue weighted by atomic mass is 16.3. The molecule has 0 aliphatic carbocycles. The Labute approximate surface area is 158 Å². The van der Waals surface area contributed by atoms with Gasteiger partial charge in [-0.15, -0.1) is 0 Å². The fraction of sp³-hybridized carbons (Fsp3) is 0.286. The van der Waals surface area contributed by atoms with Gasteiger partial charge in [0.2, 0.25) is 5.91 Å². The fourth-order valence-electron chi connectivity index (χ4n) is 3.27. The number of likely N-dealkylation sites (N-methyl/N-ethyl adjacent to an activating group) is 1. The Balaban J connectivity index is 1.64. The van der Waals surface area contributed by atoms with Crippen molar-refractivity contribution in [1.82, 2.24) is 15.6 Å². The molecule has 1 aromatic heterocycles. The normalized spacial score (nSPS) is 13.4. The Morgan fingerprint density at radius 2 is 1.89 bits per heavy atom. The smallest absolute Gasteiger partial charge is 0.237 e. The second-order valence-corrected chi connectivity index (χ2v) is 6.80. The number of hydrogen-bond donors (Lipinski definition) is 5. The van der Waals surface area contributed by atoms with Crippen molar-refractivity contribution in [3.8, 4) is 5.75 Å². The lowest BCUT2D eigenvalue weighted by atomic mass is 10.0. The molecule has 0 fully saturated rings. The second kappa shape index (κ2) is 8.70. The third-order valence-electron chi connectivity index (χ3n) is 4.67. The van der Waals surface area contributed by atoms with Crippen LogP contribution in [0.15, 0.2) is 54.7 Å². The molecule has 2 atom stereocenters. The first kappa shape index (κ1) is 18.9. The maximum atomic E-state index is 12.6. The highest BCUT2D eigenvalue weighted by molar-refractivity contribution is 5.84. The first-order valence-corrected chi connectivity index (χ1v) is 9.10. The predicted molar refractivity (Wildman–Crippen MR) is 108 cm³/mol. The molecule has 0 radical (unpaired) electrons. The maximum absolute atomic E-state index is 12.6. The standard InChI is InChI=1S/C21H26N4O2/c1-23-13-16(11-15-12-24-20-5-3-2-4-18(15)20)25-21(27)19(22)10-14-6-8-17(26)9-7-14/h2-9,12,16,19,23-24,26H,10-11,13,22H2,1H3,(H,25,27)/t16-,19+/m1/s1. The summed E-state index contributed by atoms with van der Waals surface area (Å²) in [4.78, 5) is 15.8. The molecule has 0 saturated heterocycles. The van der Waals surface area contributed by atoms with E-state index < -0.39 is 6.04 Å².